The van der Waals surface area contributed by atoms with Crippen LogP contribution in [0.1, 0.15) is 63.4 Å². The topological polar surface area (TPSA) is 118 Å². The zero-order chi connectivity index (χ0) is 26.9. The molecule has 1 aromatic heterocycles. The van der Waals surface area contributed by atoms with Crippen molar-refractivity contribution in [1.29, 1.82) is 0 Å². The van der Waals surface area contributed by atoms with Crippen LogP contribution in [0.5, 0.6) is 5.75 Å². The van der Waals surface area contributed by atoms with E-state index in [0.29, 0.717) is 37.3 Å². The molecule has 0 unspecified atom stereocenters. The van der Waals surface area contributed by atoms with E-state index in [1.165, 1.54) is 7.11 Å². The monoisotopic (exact) mass is 511 g/mol. The number of H-pyrrole nitrogens is 1. The summed E-state index contributed by atoms with van der Waals surface area (Å²) in [4.78, 5) is 56.8. The maximum atomic E-state index is 13.7. The molecule has 2 aliphatic rings. The molecule has 1 saturated carbocycles. The number of nitrogens with zero attached hydrogens (tertiary/aromatic N) is 1. The highest BCUT2D eigenvalue weighted by molar-refractivity contribution is 6.02. The third-order valence-corrected chi connectivity index (χ3v) is 7.92. The molecule has 1 aliphatic heterocycles. The first-order valence-electron chi connectivity index (χ1n) is 12.9. The molecule has 9 nitrogen and oxygen atoms in total. The number of rotatable bonds is 7. The minimum Gasteiger partial charge on any atom is -0.496 e. The lowest BCUT2D eigenvalue weighted by molar-refractivity contribution is -0.146. The van der Waals surface area contributed by atoms with Crippen molar-refractivity contribution in [2.75, 3.05) is 20.8 Å². The maximum Gasteiger partial charge on any atom is 0.328 e. The Kier molecular flexibility index (Phi) is 7.62. The second-order valence-corrected chi connectivity index (χ2v) is 11.3. The summed E-state index contributed by atoms with van der Waals surface area (Å²) < 4.78 is 10.4. The summed E-state index contributed by atoms with van der Waals surface area (Å²) in [5, 5.41) is 3.61. The Morgan fingerprint density at radius 3 is 2.59 bits per heavy atom. The zero-order valence-electron chi connectivity index (χ0n) is 22.3. The number of amides is 2. The van der Waals surface area contributed by atoms with Gasteiger partial charge in [0, 0.05) is 29.8 Å². The second-order valence-electron chi connectivity index (χ2n) is 11.3. The Bertz CT molecular complexity index is 1200. The summed E-state index contributed by atoms with van der Waals surface area (Å²) in [6, 6.07) is 5.60. The standard InChI is InChI=1S/C28H37N3O6/c1-28(2,3)17-13-22(25(33)30-21(27(35)37-5)12-16-8-6-10-23(16)32)31(15-17)26(34)20-14-18-19(29-20)9-7-11-24(18)36-4/h7,9,11,14,16-17,21-22,29H,6,8,10,12-13,15H2,1-5H3,(H,30,33)/t16-,17+,21-,22-/m0/s1. The van der Waals surface area contributed by atoms with Crippen LogP contribution in [0.25, 0.3) is 10.9 Å². The number of nitrogens with one attached hydrogen (secondary N) is 2. The summed E-state index contributed by atoms with van der Waals surface area (Å²) in [5.41, 5.74) is 1.00. The number of carbonyl (C=O) groups is 4. The van der Waals surface area contributed by atoms with Crippen LogP contribution in [0, 0.1) is 17.3 Å². The van der Waals surface area contributed by atoms with Gasteiger partial charge in [0.15, 0.2) is 0 Å². The van der Waals surface area contributed by atoms with Crippen LogP contribution in [0.2, 0.25) is 0 Å². The number of aromatic nitrogens is 1. The van der Waals surface area contributed by atoms with E-state index < -0.39 is 24.0 Å². The number of hydrogen-bond donors (Lipinski definition) is 2. The van der Waals surface area contributed by atoms with Crippen molar-refractivity contribution >= 4 is 34.5 Å². The van der Waals surface area contributed by atoms with Crippen LogP contribution in [0.3, 0.4) is 0 Å². The normalized spacial score (nSPS) is 22.8. The van der Waals surface area contributed by atoms with Crippen LogP contribution in [0.4, 0.5) is 0 Å². The highest BCUT2D eigenvalue weighted by atomic mass is 16.5. The lowest BCUT2D eigenvalue weighted by Gasteiger charge is -2.27. The predicted molar refractivity (Wildman–Crippen MR) is 138 cm³/mol. The summed E-state index contributed by atoms with van der Waals surface area (Å²) in [7, 11) is 2.85. The Balaban J connectivity index is 1.59. The van der Waals surface area contributed by atoms with Crippen molar-refractivity contribution < 1.29 is 28.7 Å². The van der Waals surface area contributed by atoms with E-state index in [9.17, 15) is 19.2 Å². The van der Waals surface area contributed by atoms with Gasteiger partial charge in [-0.3, -0.25) is 14.4 Å². The first-order chi connectivity index (χ1) is 17.5. The number of Topliss-reactive ketones (excluding diaryl/α,β-unsaturated/α-hetero) is 1. The fourth-order valence-corrected chi connectivity index (χ4v) is 5.56. The molecule has 0 radical (unpaired) electrons. The number of ketones is 1. The van der Waals surface area contributed by atoms with Crippen LogP contribution in [-0.4, -0.2) is 66.3 Å². The number of likely N-dealkylation sites (tertiary alicyclic amines) is 1. The first-order valence-corrected chi connectivity index (χ1v) is 12.9. The molecular weight excluding hydrogens is 474 g/mol. The molecule has 1 aliphatic carbocycles. The van der Waals surface area contributed by atoms with Crippen molar-refractivity contribution in [3.8, 4) is 5.75 Å². The molecule has 0 spiro atoms. The van der Waals surface area contributed by atoms with Gasteiger partial charge in [-0.05, 0) is 55.2 Å². The number of benzene rings is 1. The third kappa shape index (κ3) is 5.50. The van der Waals surface area contributed by atoms with Gasteiger partial charge in [0.25, 0.3) is 5.91 Å². The average molecular weight is 512 g/mol. The number of fused-ring (bicyclic) bond motifs is 1. The van der Waals surface area contributed by atoms with E-state index in [0.717, 1.165) is 17.3 Å². The summed E-state index contributed by atoms with van der Waals surface area (Å²) >= 11 is 0. The number of hydrogen-bond acceptors (Lipinski definition) is 6. The average Bonchev–Trinajstić information content (AvgIpc) is 3.60. The largest absolute Gasteiger partial charge is 0.496 e. The van der Waals surface area contributed by atoms with Crippen LogP contribution >= 0.6 is 0 Å². The fourth-order valence-electron chi connectivity index (χ4n) is 5.56. The summed E-state index contributed by atoms with van der Waals surface area (Å²) in [6.07, 6.45) is 2.67. The number of ether oxygens (including phenoxy) is 2. The fraction of sp³-hybridized carbons (Fsp3) is 0.571. The van der Waals surface area contributed by atoms with E-state index in [1.54, 1.807) is 18.1 Å². The summed E-state index contributed by atoms with van der Waals surface area (Å²) in [6.45, 7) is 6.70. The van der Waals surface area contributed by atoms with Gasteiger partial charge >= 0.3 is 5.97 Å². The van der Waals surface area contributed by atoms with Crippen molar-refractivity contribution in [1.82, 2.24) is 15.2 Å². The molecule has 37 heavy (non-hydrogen) atoms. The SMILES string of the molecule is COC(=O)[C@H](C[C@@H]1CCCC1=O)NC(=O)[C@@H]1C[C@@H](C(C)(C)C)CN1C(=O)c1cc2c(OC)cccc2[nH]1. The van der Waals surface area contributed by atoms with Crippen molar-refractivity contribution in [2.45, 2.75) is 65.0 Å². The van der Waals surface area contributed by atoms with Gasteiger partial charge in [-0.15, -0.1) is 0 Å². The van der Waals surface area contributed by atoms with E-state index in [1.807, 2.05) is 18.2 Å². The molecule has 2 amide bonds. The number of aromatic amines is 1. The van der Waals surface area contributed by atoms with E-state index in [-0.39, 0.29) is 35.4 Å². The smallest absolute Gasteiger partial charge is 0.328 e. The van der Waals surface area contributed by atoms with Crippen LogP contribution in [-0.2, 0) is 19.1 Å². The number of carbonyl (C=O) groups excluding carboxylic acids is 4. The molecule has 9 heteroatoms. The number of methoxy groups -OCH3 is 2. The zero-order valence-corrected chi connectivity index (χ0v) is 22.3. The van der Waals surface area contributed by atoms with E-state index in [2.05, 4.69) is 31.1 Å². The lowest BCUT2D eigenvalue weighted by atomic mass is 9.79. The van der Waals surface area contributed by atoms with Gasteiger partial charge in [-0.1, -0.05) is 26.8 Å². The number of esters is 1. The van der Waals surface area contributed by atoms with Crippen molar-refractivity contribution in [2.24, 2.45) is 17.3 Å². The molecule has 1 saturated heterocycles. The van der Waals surface area contributed by atoms with Gasteiger partial charge in [0.05, 0.1) is 14.2 Å². The highest BCUT2D eigenvalue weighted by Crippen LogP contribution is 2.38. The molecule has 4 atom stereocenters. The Morgan fingerprint density at radius 2 is 1.97 bits per heavy atom. The molecular formula is C28H37N3O6. The Labute approximate surface area is 217 Å². The molecule has 4 rings (SSSR count). The lowest BCUT2D eigenvalue weighted by Crippen LogP contribution is -2.51. The maximum absolute atomic E-state index is 13.7. The van der Waals surface area contributed by atoms with E-state index in [4.69, 9.17) is 9.47 Å². The summed E-state index contributed by atoms with van der Waals surface area (Å²) in [5.74, 6) is -0.700. The third-order valence-electron chi connectivity index (χ3n) is 7.92. The van der Waals surface area contributed by atoms with Gasteiger partial charge in [0.1, 0.15) is 29.3 Å². The molecule has 200 valence electrons. The van der Waals surface area contributed by atoms with Crippen LogP contribution < -0.4 is 10.1 Å². The predicted octanol–water partition coefficient (Wildman–Crippen LogP) is 3.47. The van der Waals surface area contributed by atoms with E-state index >= 15 is 0 Å². The molecule has 2 fully saturated rings. The Morgan fingerprint density at radius 1 is 1.22 bits per heavy atom. The van der Waals surface area contributed by atoms with Crippen LogP contribution in [0.15, 0.2) is 24.3 Å². The first kappa shape index (κ1) is 26.7. The molecule has 1 aromatic carbocycles. The van der Waals surface area contributed by atoms with Gasteiger partial charge in [0.2, 0.25) is 5.91 Å². The molecule has 0 bridgehead atoms. The van der Waals surface area contributed by atoms with Gasteiger partial charge in [-0.25, -0.2) is 4.79 Å². The van der Waals surface area contributed by atoms with Crippen molar-refractivity contribution in [3.05, 3.63) is 30.0 Å². The second kappa shape index (κ2) is 10.6. The minimum atomic E-state index is -0.937. The molecule has 2 N–H and O–H groups in total. The Hall–Kier alpha value is -3.36. The van der Waals surface area contributed by atoms with Gasteiger partial charge in [-0.2, -0.15) is 0 Å². The molecule has 2 aromatic rings. The van der Waals surface area contributed by atoms with Gasteiger partial charge < -0.3 is 24.7 Å². The molecule has 2 heterocycles. The highest BCUT2D eigenvalue weighted by Gasteiger charge is 2.45. The van der Waals surface area contributed by atoms with Crippen molar-refractivity contribution in [3.63, 3.8) is 0 Å². The quantitative estimate of drug-likeness (QED) is 0.550. The minimum absolute atomic E-state index is 0.0825.